The minimum atomic E-state index is -4.51. The highest BCUT2D eigenvalue weighted by molar-refractivity contribution is 6.35. The first-order valence-electron chi connectivity index (χ1n) is 8.74. The number of ether oxygens (including phenoxy) is 1. The number of anilines is 1. The highest BCUT2D eigenvalue weighted by Gasteiger charge is 2.31. The Balaban J connectivity index is 2.31. The third-order valence-electron chi connectivity index (χ3n) is 4.20. The normalized spacial score (nSPS) is 21.1. The van der Waals surface area contributed by atoms with Gasteiger partial charge in [-0.2, -0.15) is 13.2 Å². The number of nitrogens with zero attached hydrogens (tertiary/aromatic N) is 2. The van der Waals surface area contributed by atoms with E-state index < -0.39 is 17.7 Å². The number of hydrogen-bond donors (Lipinski definition) is 1. The average molecular weight is 406 g/mol. The molecule has 1 aliphatic heterocycles. The van der Waals surface area contributed by atoms with Crippen molar-refractivity contribution < 1.29 is 22.7 Å². The molecule has 2 unspecified atom stereocenters. The van der Waals surface area contributed by atoms with Gasteiger partial charge in [-0.25, -0.2) is 4.79 Å². The summed E-state index contributed by atoms with van der Waals surface area (Å²) in [6.45, 7) is 7.21. The highest BCUT2D eigenvalue weighted by atomic mass is 35.5. The van der Waals surface area contributed by atoms with E-state index in [9.17, 15) is 18.0 Å². The minimum absolute atomic E-state index is 0.0312. The van der Waals surface area contributed by atoms with Crippen molar-refractivity contribution in [1.29, 1.82) is 0 Å². The van der Waals surface area contributed by atoms with Crippen LogP contribution in [-0.2, 0) is 15.7 Å². The van der Waals surface area contributed by atoms with Crippen LogP contribution in [0, 0.1) is 11.8 Å². The third kappa shape index (κ3) is 5.76. The maximum atomic E-state index is 12.9. The summed E-state index contributed by atoms with van der Waals surface area (Å²) in [5, 5.41) is 4.12. The number of carbonyl (C=O) groups is 1. The Labute approximate surface area is 161 Å². The first kappa shape index (κ1) is 21.3. The van der Waals surface area contributed by atoms with Crippen molar-refractivity contribution >= 4 is 29.1 Å². The molecular formula is C18H23ClF3N3O2. The summed E-state index contributed by atoms with van der Waals surface area (Å²) in [4.78, 5) is 14.1. The van der Waals surface area contributed by atoms with Crippen molar-refractivity contribution in [1.82, 2.24) is 4.90 Å². The van der Waals surface area contributed by atoms with Gasteiger partial charge in [-0.3, -0.25) is 5.43 Å². The number of halogens is 4. The molecule has 27 heavy (non-hydrogen) atoms. The number of carbonyl (C=O) groups excluding carboxylic acids is 1. The van der Waals surface area contributed by atoms with E-state index in [1.807, 2.05) is 0 Å². The lowest BCUT2D eigenvalue weighted by Gasteiger charge is -2.36. The zero-order valence-corrected chi connectivity index (χ0v) is 16.2. The third-order valence-corrected chi connectivity index (χ3v) is 4.53. The lowest BCUT2D eigenvalue weighted by atomic mass is 9.92. The van der Waals surface area contributed by atoms with E-state index in [-0.39, 0.29) is 23.2 Å². The van der Waals surface area contributed by atoms with Crippen LogP contribution in [0.3, 0.4) is 0 Å². The largest absolute Gasteiger partial charge is 0.460 e. The molecule has 0 bridgehead atoms. The summed E-state index contributed by atoms with van der Waals surface area (Å²) in [5.41, 5.74) is 1.61. The number of piperidine rings is 1. The van der Waals surface area contributed by atoms with Crippen molar-refractivity contribution in [2.45, 2.75) is 33.4 Å². The van der Waals surface area contributed by atoms with E-state index in [0.29, 0.717) is 24.9 Å². The maximum Gasteiger partial charge on any atom is 0.416 e. The number of esters is 1. The number of alkyl halides is 3. The van der Waals surface area contributed by atoms with Gasteiger partial charge < -0.3 is 9.64 Å². The summed E-state index contributed by atoms with van der Waals surface area (Å²) in [7, 11) is 0. The summed E-state index contributed by atoms with van der Waals surface area (Å²) >= 11 is 5.97. The Morgan fingerprint density at radius 3 is 2.52 bits per heavy atom. The molecule has 2 atom stereocenters. The smallest absolute Gasteiger partial charge is 0.416 e. The van der Waals surface area contributed by atoms with Crippen LogP contribution < -0.4 is 5.43 Å². The molecule has 1 aromatic rings. The molecule has 0 aromatic heterocycles. The zero-order chi connectivity index (χ0) is 20.2. The van der Waals surface area contributed by atoms with Gasteiger partial charge in [0.2, 0.25) is 5.84 Å². The van der Waals surface area contributed by atoms with Gasteiger partial charge in [-0.15, -0.1) is 5.10 Å². The first-order valence-corrected chi connectivity index (χ1v) is 9.12. The van der Waals surface area contributed by atoms with Gasteiger partial charge >= 0.3 is 12.1 Å². The molecule has 1 saturated heterocycles. The average Bonchev–Trinajstić information content (AvgIpc) is 2.55. The van der Waals surface area contributed by atoms with E-state index >= 15 is 0 Å². The SMILES string of the molecule is CCOC(=O)C(=NNc1cc(C(F)(F)F)ccc1Cl)N1CC(C)CC(C)C1. The predicted molar refractivity (Wildman–Crippen MR) is 98.7 cm³/mol. The second kappa shape index (κ2) is 8.82. The van der Waals surface area contributed by atoms with Gasteiger partial charge in [0.25, 0.3) is 0 Å². The molecule has 1 heterocycles. The molecule has 1 fully saturated rings. The molecule has 0 spiro atoms. The summed E-state index contributed by atoms with van der Waals surface area (Å²) < 4.78 is 43.8. The second-order valence-electron chi connectivity index (χ2n) is 6.81. The Morgan fingerprint density at radius 1 is 1.33 bits per heavy atom. The van der Waals surface area contributed by atoms with E-state index in [0.717, 1.165) is 24.6 Å². The lowest BCUT2D eigenvalue weighted by molar-refractivity contribution is -0.138. The van der Waals surface area contributed by atoms with Gasteiger partial charge in [-0.05, 0) is 43.4 Å². The molecule has 0 saturated carbocycles. The number of benzene rings is 1. The Bertz CT molecular complexity index is 700. The quantitative estimate of drug-likeness (QED) is 0.345. The monoisotopic (exact) mass is 405 g/mol. The van der Waals surface area contributed by atoms with E-state index in [2.05, 4.69) is 24.4 Å². The van der Waals surface area contributed by atoms with Crippen molar-refractivity contribution in [3.05, 3.63) is 28.8 Å². The van der Waals surface area contributed by atoms with Crippen molar-refractivity contribution in [2.75, 3.05) is 25.1 Å². The molecule has 5 nitrogen and oxygen atoms in total. The van der Waals surface area contributed by atoms with E-state index in [1.165, 1.54) is 0 Å². The van der Waals surface area contributed by atoms with Gasteiger partial charge in [0, 0.05) is 13.1 Å². The van der Waals surface area contributed by atoms with Gasteiger partial charge in [0.15, 0.2) is 0 Å². The van der Waals surface area contributed by atoms with Crippen molar-refractivity contribution in [2.24, 2.45) is 16.9 Å². The molecule has 1 N–H and O–H groups in total. The summed E-state index contributed by atoms with van der Waals surface area (Å²) in [5.74, 6) is 0.106. The lowest BCUT2D eigenvalue weighted by Crippen LogP contribution is -2.46. The second-order valence-corrected chi connectivity index (χ2v) is 7.22. The molecule has 9 heteroatoms. The maximum absolute atomic E-state index is 12.9. The predicted octanol–water partition coefficient (Wildman–Crippen LogP) is 4.63. The summed E-state index contributed by atoms with van der Waals surface area (Å²) in [6.07, 6.45) is -3.48. The van der Waals surface area contributed by atoms with E-state index in [1.54, 1.807) is 11.8 Å². The van der Waals surface area contributed by atoms with E-state index in [4.69, 9.17) is 16.3 Å². The topological polar surface area (TPSA) is 53.9 Å². The molecule has 1 aromatic carbocycles. The molecule has 150 valence electrons. The number of hydrazone groups is 1. The number of likely N-dealkylation sites (tertiary alicyclic amines) is 1. The molecular weight excluding hydrogens is 383 g/mol. The Kier molecular flexibility index (Phi) is 6.97. The fourth-order valence-corrected chi connectivity index (χ4v) is 3.34. The zero-order valence-electron chi connectivity index (χ0n) is 15.4. The molecule has 0 aliphatic carbocycles. The fourth-order valence-electron chi connectivity index (χ4n) is 3.18. The van der Waals surface area contributed by atoms with Crippen LogP contribution in [0.5, 0.6) is 0 Å². The van der Waals surface area contributed by atoms with Crippen LogP contribution in [0.2, 0.25) is 5.02 Å². The highest BCUT2D eigenvalue weighted by Crippen LogP contribution is 2.34. The van der Waals surface area contributed by atoms with Crippen LogP contribution in [0.15, 0.2) is 23.3 Å². The molecule has 2 rings (SSSR count). The molecule has 1 aliphatic rings. The standard InChI is InChI=1S/C18H23ClF3N3O2/c1-4-27-17(26)16(25-9-11(2)7-12(3)10-25)24-23-15-8-13(18(20,21)22)5-6-14(15)19/h5-6,8,11-12,23H,4,7,9-10H2,1-3H3. The summed E-state index contributed by atoms with van der Waals surface area (Å²) in [6, 6.07) is 2.88. The van der Waals surface area contributed by atoms with Crippen molar-refractivity contribution in [3.8, 4) is 0 Å². The molecule has 0 amide bonds. The number of amidine groups is 1. The van der Waals surface area contributed by atoms with Gasteiger partial charge in [0.1, 0.15) is 0 Å². The fraction of sp³-hybridized carbons (Fsp3) is 0.556. The van der Waals surface area contributed by atoms with Crippen LogP contribution in [0.25, 0.3) is 0 Å². The van der Waals surface area contributed by atoms with Crippen LogP contribution in [-0.4, -0.2) is 36.4 Å². The van der Waals surface area contributed by atoms with Gasteiger partial charge in [-0.1, -0.05) is 25.4 Å². The van der Waals surface area contributed by atoms with Crippen LogP contribution >= 0.6 is 11.6 Å². The van der Waals surface area contributed by atoms with Crippen LogP contribution in [0.1, 0.15) is 32.8 Å². The Morgan fingerprint density at radius 2 is 1.96 bits per heavy atom. The Hall–Kier alpha value is -1.96. The van der Waals surface area contributed by atoms with Gasteiger partial charge in [0.05, 0.1) is 22.9 Å². The minimum Gasteiger partial charge on any atom is -0.460 e. The number of rotatable bonds is 3. The molecule has 0 radical (unpaired) electrons. The number of nitrogens with one attached hydrogen (secondary N) is 1. The first-order chi connectivity index (χ1) is 12.6. The van der Waals surface area contributed by atoms with Crippen LogP contribution in [0.4, 0.5) is 18.9 Å². The number of hydrogen-bond acceptors (Lipinski definition) is 4. The van der Waals surface area contributed by atoms with Crippen molar-refractivity contribution in [3.63, 3.8) is 0 Å².